The third-order valence-corrected chi connectivity index (χ3v) is 6.62. The molecule has 0 radical (unpaired) electrons. The van der Waals surface area contributed by atoms with E-state index in [9.17, 15) is 0 Å². The zero-order chi connectivity index (χ0) is 17.7. The number of halogens is 2. The minimum Gasteiger partial charge on any atom is -1.00 e. The molecule has 0 atom stereocenters. The van der Waals surface area contributed by atoms with Gasteiger partial charge in [0.2, 0.25) is 8.32 Å². The minimum atomic E-state index is -1.45. The topological polar surface area (TPSA) is 9.23 Å². The maximum absolute atomic E-state index is 6.12. The van der Waals surface area contributed by atoms with Crippen LogP contribution in [-0.2, 0) is 32.6 Å². The Morgan fingerprint density at radius 2 is 1.67 bits per heavy atom. The number of rotatable bonds is 4. The van der Waals surface area contributed by atoms with Crippen LogP contribution >= 0.6 is 0 Å². The first kappa shape index (κ1) is 29.1. The Morgan fingerprint density at radius 1 is 1.04 bits per heavy atom. The van der Waals surface area contributed by atoms with Gasteiger partial charge in [-0.25, -0.2) is 0 Å². The molecule has 0 aliphatic rings. The molecular weight excluding hydrogens is 487 g/mol. The van der Waals surface area contributed by atoms with Crippen LogP contribution in [0.3, 0.4) is 0 Å². The molecule has 0 saturated carbocycles. The van der Waals surface area contributed by atoms with Crippen molar-refractivity contribution in [2.75, 3.05) is 0 Å². The van der Waals surface area contributed by atoms with Crippen LogP contribution < -0.4 is 34.4 Å². The molecule has 0 aliphatic heterocycles. The molecule has 0 unspecified atom stereocenters. The Kier molecular flexibility index (Phi) is 14.2. The van der Waals surface area contributed by atoms with Gasteiger partial charge in [0.1, 0.15) is 0 Å². The van der Waals surface area contributed by atoms with E-state index in [-0.39, 0.29) is 51.0 Å². The fourth-order valence-corrected chi connectivity index (χ4v) is 5.30. The predicted octanol–water partition coefficient (Wildman–Crippen LogP) is -0.560. The summed E-state index contributed by atoms with van der Waals surface area (Å²) in [4.78, 5) is 0. The third kappa shape index (κ3) is 8.83. The SMILES string of the molecule is CCc1c(O[Si](C)(C)C)cc[c-]1[SiH](C)C.[Cl-].[Cl-].[Zr+4].c1ccc2[cH-]ccc2c1. The normalized spacial score (nSPS) is 10.2. The molecule has 0 aromatic heterocycles. The van der Waals surface area contributed by atoms with Gasteiger partial charge in [-0.1, -0.05) is 38.3 Å². The molecule has 0 amide bonds. The quantitative estimate of drug-likeness (QED) is 0.334. The third-order valence-electron chi connectivity index (χ3n) is 4.00. The molecule has 0 bridgehead atoms. The van der Waals surface area contributed by atoms with Gasteiger partial charge < -0.3 is 29.2 Å². The second-order valence-electron chi connectivity index (χ2n) is 7.51. The summed E-state index contributed by atoms with van der Waals surface area (Å²) < 4.78 is 6.12. The smallest absolute Gasteiger partial charge is 1.00 e. The zero-order valence-electron chi connectivity index (χ0n) is 17.1. The second-order valence-corrected chi connectivity index (χ2v) is 14.9. The average molecular weight is 517 g/mol. The van der Waals surface area contributed by atoms with Gasteiger partial charge in [-0.15, -0.1) is 35.2 Å². The van der Waals surface area contributed by atoms with Crippen molar-refractivity contribution in [3.05, 3.63) is 60.2 Å². The first-order valence-corrected chi connectivity index (χ1v) is 15.2. The van der Waals surface area contributed by atoms with Gasteiger partial charge in [0.15, 0.2) is 0 Å². The maximum atomic E-state index is 6.12. The van der Waals surface area contributed by atoms with Gasteiger partial charge in [0.25, 0.3) is 0 Å². The molecule has 146 valence electrons. The number of hydrogen-bond acceptors (Lipinski definition) is 1. The summed E-state index contributed by atoms with van der Waals surface area (Å²) in [6, 6.07) is 19.1. The Bertz CT molecular complexity index is 746. The van der Waals surface area contributed by atoms with Crippen LogP contribution in [-0.4, -0.2) is 17.1 Å². The predicted molar refractivity (Wildman–Crippen MR) is 113 cm³/mol. The Balaban J connectivity index is 0. The van der Waals surface area contributed by atoms with Crippen LogP contribution in [0.1, 0.15) is 12.5 Å². The van der Waals surface area contributed by atoms with Gasteiger partial charge in [-0.05, 0) is 19.6 Å². The van der Waals surface area contributed by atoms with Crippen LogP contribution in [0.25, 0.3) is 10.8 Å². The van der Waals surface area contributed by atoms with Crippen molar-refractivity contribution in [1.82, 2.24) is 0 Å². The maximum Gasteiger partial charge on any atom is 4.00 e. The van der Waals surface area contributed by atoms with Gasteiger partial charge >= 0.3 is 26.2 Å². The molecule has 0 N–H and O–H groups in total. The molecule has 0 spiro atoms. The Labute approximate surface area is 199 Å². The van der Waals surface area contributed by atoms with E-state index >= 15 is 0 Å². The van der Waals surface area contributed by atoms with E-state index in [0.717, 1.165) is 12.2 Å². The van der Waals surface area contributed by atoms with Crippen LogP contribution in [0.5, 0.6) is 5.75 Å². The fourth-order valence-electron chi connectivity index (χ4n) is 2.92. The van der Waals surface area contributed by atoms with Crippen LogP contribution in [0.15, 0.2) is 54.6 Å². The summed E-state index contributed by atoms with van der Waals surface area (Å²) in [5.74, 6) is 1.16. The Morgan fingerprint density at radius 3 is 2.19 bits per heavy atom. The van der Waals surface area contributed by atoms with Gasteiger partial charge in [0, 0.05) is 8.80 Å². The van der Waals surface area contributed by atoms with Crippen molar-refractivity contribution in [2.45, 2.75) is 46.1 Å². The van der Waals surface area contributed by atoms with Crippen LogP contribution in [0.2, 0.25) is 32.7 Å². The van der Waals surface area contributed by atoms with Crippen molar-refractivity contribution in [3.8, 4) is 5.75 Å². The number of fused-ring (bicyclic) bond motifs is 1. The summed E-state index contributed by atoms with van der Waals surface area (Å²) in [6.07, 6.45) is 1.10. The van der Waals surface area contributed by atoms with E-state index in [1.807, 2.05) is 0 Å². The molecule has 0 fully saturated rings. The van der Waals surface area contributed by atoms with Crippen molar-refractivity contribution in [1.29, 1.82) is 0 Å². The molecule has 27 heavy (non-hydrogen) atoms. The molecule has 3 aromatic rings. The number of hydrogen-bond donors (Lipinski definition) is 0. The van der Waals surface area contributed by atoms with E-state index < -0.39 is 17.1 Å². The Hall–Kier alpha value is -0.123. The van der Waals surface area contributed by atoms with E-state index in [2.05, 4.69) is 94.3 Å². The van der Waals surface area contributed by atoms with E-state index in [1.165, 1.54) is 16.3 Å². The summed E-state index contributed by atoms with van der Waals surface area (Å²) in [5.41, 5.74) is 1.47. The standard InChI is InChI=1S/C12H23OSi2.C9H7.2ClH.Zr/c1-7-10-11(13-15(4,5)6)8-9-12(10)14(2)3;1-2-5-9-7-3-6-8(9)4-1;;;/h8-9,14H,7H2,1-6H3;1-7H;2*1H;/q2*-1;;;+4/p-2. The second kappa shape index (κ2) is 13.2. The van der Waals surface area contributed by atoms with Crippen molar-refractivity contribution in [3.63, 3.8) is 0 Å². The molecule has 0 saturated heterocycles. The number of benzene rings is 1. The average Bonchev–Trinajstić information content (AvgIpc) is 3.12. The molecular formula is C21H30Cl2OSi2Zr. The summed E-state index contributed by atoms with van der Waals surface area (Å²) >= 11 is 0. The van der Waals surface area contributed by atoms with Gasteiger partial charge in [-0.3, -0.25) is 0 Å². The van der Waals surface area contributed by atoms with E-state index in [4.69, 9.17) is 4.43 Å². The molecule has 6 heteroatoms. The zero-order valence-corrected chi connectivity index (χ0v) is 23.3. The van der Waals surface area contributed by atoms with Crippen molar-refractivity contribution < 1.29 is 55.4 Å². The van der Waals surface area contributed by atoms with E-state index in [1.54, 1.807) is 5.19 Å². The summed E-state index contributed by atoms with van der Waals surface area (Å²) in [7, 11) is -2.15. The van der Waals surface area contributed by atoms with Crippen LogP contribution in [0.4, 0.5) is 0 Å². The monoisotopic (exact) mass is 514 g/mol. The van der Waals surface area contributed by atoms with Gasteiger partial charge in [-0.2, -0.15) is 34.8 Å². The van der Waals surface area contributed by atoms with Gasteiger partial charge in [0.05, 0.1) is 0 Å². The molecule has 0 aliphatic carbocycles. The molecule has 0 heterocycles. The first-order chi connectivity index (χ1) is 11.3. The summed E-state index contributed by atoms with van der Waals surface area (Å²) in [5, 5.41) is 4.25. The minimum absolute atomic E-state index is 0. The largest absolute Gasteiger partial charge is 4.00 e. The fraction of sp³-hybridized carbons (Fsp3) is 0.333. The van der Waals surface area contributed by atoms with Crippen molar-refractivity contribution in [2.24, 2.45) is 0 Å². The van der Waals surface area contributed by atoms with Crippen LogP contribution in [0, 0.1) is 0 Å². The first-order valence-electron chi connectivity index (χ1n) is 8.89. The molecule has 1 nitrogen and oxygen atoms in total. The molecule has 3 rings (SSSR count). The van der Waals surface area contributed by atoms with Crippen molar-refractivity contribution >= 4 is 33.1 Å². The molecule has 3 aromatic carbocycles. The van der Waals surface area contributed by atoms with E-state index in [0.29, 0.717) is 0 Å². The summed E-state index contributed by atoms with van der Waals surface area (Å²) in [6.45, 7) is 13.7.